The number of hydrazone groups is 1. The summed E-state index contributed by atoms with van der Waals surface area (Å²) in [6, 6.07) is 10.8. The molecule has 1 aliphatic carbocycles. The molecular formula is C22H18Cl2N4O4. The number of nitrogens with zero attached hydrogens (tertiary/aromatic N) is 2. The van der Waals surface area contributed by atoms with Crippen LogP contribution in [-0.4, -0.2) is 16.5 Å². The molecule has 1 heterocycles. The number of halogens is 2. The minimum absolute atomic E-state index is 0.00489. The van der Waals surface area contributed by atoms with Crippen LogP contribution in [0.25, 0.3) is 0 Å². The van der Waals surface area contributed by atoms with Crippen LogP contribution in [0.15, 0.2) is 52.0 Å². The van der Waals surface area contributed by atoms with Gasteiger partial charge in [-0.2, -0.15) is 5.10 Å². The summed E-state index contributed by atoms with van der Waals surface area (Å²) in [4.78, 5) is 23.2. The third-order valence-corrected chi connectivity index (χ3v) is 5.66. The number of hydrogen-bond acceptors (Lipinski definition) is 6. The van der Waals surface area contributed by atoms with Crippen molar-refractivity contribution >= 4 is 51.9 Å². The number of fused-ring (bicyclic) bond motifs is 1. The maximum Gasteiger partial charge on any atom is 0.291 e. The fourth-order valence-electron chi connectivity index (χ4n) is 3.56. The molecule has 3 aromatic rings. The maximum absolute atomic E-state index is 12.9. The number of nitro benzene ring substituents is 1. The number of amides is 1. The Labute approximate surface area is 193 Å². The second kappa shape index (κ2) is 9.02. The van der Waals surface area contributed by atoms with E-state index in [1.165, 1.54) is 12.1 Å². The third kappa shape index (κ3) is 4.46. The van der Waals surface area contributed by atoms with Crippen molar-refractivity contribution in [1.29, 1.82) is 0 Å². The summed E-state index contributed by atoms with van der Waals surface area (Å²) in [5, 5.41) is 18.8. The minimum atomic E-state index is -0.457. The van der Waals surface area contributed by atoms with Gasteiger partial charge in [0.15, 0.2) is 5.76 Å². The largest absolute Gasteiger partial charge is 0.455 e. The number of benzene rings is 2. The van der Waals surface area contributed by atoms with Crippen LogP contribution in [0.3, 0.4) is 0 Å². The lowest BCUT2D eigenvalue weighted by molar-refractivity contribution is -0.384. The predicted octanol–water partition coefficient (Wildman–Crippen LogP) is 6.21. The molecule has 8 nitrogen and oxygen atoms in total. The molecule has 0 atom stereocenters. The molecule has 2 N–H and O–H groups in total. The van der Waals surface area contributed by atoms with Gasteiger partial charge in [0.25, 0.3) is 11.6 Å². The molecule has 0 spiro atoms. The first-order valence-electron chi connectivity index (χ1n) is 9.79. The van der Waals surface area contributed by atoms with E-state index in [2.05, 4.69) is 15.8 Å². The second-order valence-corrected chi connectivity index (χ2v) is 8.10. The van der Waals surface area contributed by atoms with E-state index in [9.17, 15) is 14.9 Å². The molecule has 10 heteroatoms. The summed E-state index contributed by atoms with van der Waals surface area (Å²) < 4.78 is 5.89. The van der Waals surface area contributed by atoms with Gasteiger partial charge in [0, 0.05) is 34.7 Å². The number of anilines is 2. The zero-order chi connectivity index (χ0) is 22.8. The summed E-state index contributed by atoms with van der Waals surface area (Å²) in [7, 11) is 0. The smallest absolute Gasteiger partial charge is 0.291 e. The summed E-state index contributed by atoms with van der Waals surface area (Å²) >= 11 is 12.1. The van der Waals surface area contributed by atoms with Crippen LogP contribution in [-0.2, 0) is 6.42 Å². The molecule has 1 amide bonds. The van der Waals surface area contributed by atoms with Crippen molar-refractivity contribution in [1.82, 2.24) is 0 Å². The van der Waals surface area contributed by atoms with Crippen LogP contribution in [0.1, 0.15) is 40.3 Å². The highest BCUT2D eigenvalue weighted by Gasteiger charge is 2.28. The molecule has 0 saturated heterocycles. The van der Waals surface area contributed by atoms with E-state index in [-0.39, 0.29) is 11.4 Å². The van der Waals surface area contributed by atoms with Gasteiger partial charge in [0.05, 0.1) is 27.0 Å². The Balaban J connectivity index is 1.57. The van der Waals surface area contributed by atoms with E-state index in [0.717, 1.165) is 17.7 Å². The standard InChI is InChI=1S/C22H18Cl2N4O4/c1-12-20-18(27-26-14-6-8-15(9-7-14)28(30)31)3-2-4-19(20)32-21(12)22(29)25-17-10-5-13(23)11-16(17)24/h5-11,26H,2-4H2,1H3,(H,25,29)/b27-18+. The van der Waals surface area contributed by atoms with Crippen LogP contribution in [0.2, 0.25) is 10.0 Å². The van der Waals surface area contributed by atoms with Gasteiger partial charge >= 0.3 is 0 Å². The third-order valence-electron chi connectivity index (χ3n) is 5.11. The number of non-ortho nitro benzene ring substituents is 1. The fourth-order valence-corrected chi connectivity index (χ4v) is 4.01. The summed E-state index contributed by atoms with van der Waals surface area (Å²) in [5.74, 6) is 0.486. The van der Waals surface area contributed by atoms with Crippen LogP contribution < -0.4 is 10.7 Å². The molecule has 32 heavy (non-hydrogen) atoms. The summed E-state index contributed by atoms with van der Waals surface area (Å²) in [6.07, 6.45) is 2.23. The van der Waals surface area contributed by atoms with Gasteiger partial charge in [-0.05, 0) is 50.1 Å². The second-order valence-electron chi connectivity index (χ2n) is 7.26. The van der Waals surface area contributed by atoms with Crippen molar-refractivity contribution in [3.63, 3.8) is 0 Å². The minimum Gasteiger partial charge on any atom is -0.455 e. The summed E-state index contributed by atoms with van der Waals surface area (Å²) in [6.45, 7) is 1.81. The SMILES string of the molecule is Cc1c(C(=O)Nc2ccc(Cl)cc2Cl)oc2c1/C(=N/Nc1ccc([N+](=O)[O-])cc1)CCC2. The molecule has 0 saturated carbocycles. The molecule has 0 radical (unpaired) electrons. The number of carbonyl (C=O) groups is 1. The van der Waals surface area contributed by atoms with E-state index in [1.54, 1.807) is 30.3 Å². The monoisotopic (exact) mass is 472 g/mol. The van der Waals surface area contributed by atoms with Gasteiger partial charge in [-0.15, -0.1) is 0 Å². The van der Waals surface area contributed by atoms with E-state index >= 15 is 0 Å². The first-order valence-corrected chi connectivity index (χ1v) is 10.5. The predicted molar refractivity (Wildman–Crippen MR) is 124 cm³/mol. The number of rotatable bonds is 5. The molecule has 1 aliphatic rings. The van der Waals surface area contributed by atoms with Crippen LogP contribution in [0.4, 0.5) is 17.1 Å². The molecule has 0 unspecified atom stereocenters. The Bertz CT molecular complexity index is 1240. The van der Waals surface area contributed by atoms with E-state index in [4.69, 9.17) is 27.6 Å². The molecule has 0 aliphatic heterocycles. The molecule has 1 aromatic heterocycles. The van der Waals surface area contributed by atoms with Crippen molar-refractivity contribution in [2.24, 2.45) is 5.10 Å². The van der Waals surface area contributed by atoms with Crippen LogP contribution in [0, 0.1) is 17.0 Å². The Hall–Kier alpha value is -3.36. The molecule has 2 aromatic carbocycles. The number of nitrogens with one attached hydrogen (secondary N) is 2. The summed E-state index contributed by atoms with van der Waals surface area (Å²) in [5.41, 5.74) is 6.24. The Morgan fingerprint density at radius 3 is 2.59 bits per heavy atom. The molecule has 164 valence electrons. The normalized spacial score (nSPS) is 14.2. The van der Waals surface area contributed by atoms with Gasteiger partial charge in [-0.1, -0.05) is 23.2 Å². The number of furan rings is 1. The lowest BCUT2D eigenvalue weighted by Gasteiger charge is -2.13. The zero-order valence-electron chi connectivity index (χ0n) is 16.9. The van der Waals surface area contributed by atoms with Crippen LogP contribution >= 0.6 is 23.2 Å². The highest BCUT2D eigenvalue weighted by atomic mass is 35.5. The van der Waals surface area contributed by atoms with E-state index < -0.39 is 10.8 Å². The first-order chi connectivity index (χ1) is 15.3. The molecule has 4 rings (SSSR count). The van der Waals surface area contributed by atoms with Crippen molar-refractivity contribution in [2.75, 3.05) is 10.7 Å². The maximum atomic E-state index is 12.9. The molecular weight excluding hydrogens is 455 g/mol. The lowest BCUT2D eigenvalue weighted by atomic mass is 9.93. The highest BCUT2D eigenvalue weighted by molar-refractivity contribution is 6.36. The Kier molecular flexibility index (Phi) is 6.16. The van der Waals surface area contributed by atoms with Crippen molar-refractivity contribution in [2.45, 2.75) is 26.2 Å². The fraction of sp³-hybridized carbons (Fsp3) is 0.182. The van der Waals surface area contributed by atoms with Crippen molar-refractivity contribution in [3.8, 4) is 0 Å². The number of hydrogen-bond donors (Lipinski definition) is 2. The average molecular weight is 473 g/mol. The van der Waals surface area contributed by atoms with Gasteiger partial charge < -0.3 is 9.73 Å². The molecule has 0 fully saturated rings. The van der Waals surface area contributed by atoms with E-state index in [0.29, 0.717) is 45.6 Å². The first kappa shape index (κ1) is 21.9. The van der Waals surface area contributed by atoms with Gasteiger partial charge in [0.2, 0.25) is 0 Å². The van der Waals surface area contributed by atoms with Crippen LogP contribution in [0.5, 0.6) is 0 Å². The van der Waals surface area contributed by atoms with Gasteiger partial charge in [-0.25, -0.2) is 0 Å². The zero-order valence-corrected chi connectivity index (χ0v) is 18.5. The van der Waals surface area contributed by atoms with Gasteiger partial charge in [0.1, 0.15) is 5.76 Å². The topological polar surface area (TPSA) is 110 Å². The Morgan fingerprint density at radius 1 is 1.16 bits per heavy atom. The number of carbonyl (C=O) groups excluding carboxylic acids is 1. The van der Waals surface area contributed by atoms with Crippen molar-refractivity contribution < 1.29 is 14.1 Å². The Morgan fingerprint density at radius 2 is 1.91 bits per heavy atom. The number of aryl methyl sites for hydroxylation is 1. The lowest BCUT2D eigenvalue weighted by Crippen LogP contribution is -2.14. The van der Waals surface area contributed by atoms with E-state index in [1.807, 2.05) is 6.92 Å². The molecule has 0 bridgehead atoms. The quantitative estimate of drug-likeness (QED) is 0.338. The average Bonchev–Trinajstić information content (AvgIpc) is 3.12. The number of nitro groups is 1. The highest BCUT2D eigenvalue weighted by Crippen LogP contribution is 2.32. The van der Waals surface area contributed by atoms with Crippen molar-refractivity contribution in [3.05, 3.63) is 85.3 Å². The van der Waals surface area contributed by atoms with Gasteiger partial charge in [-0.3, -0.25) is 20.3 Å².